The molecule has 13 rings (SSSR count). The van der Waals surface area contributed by atoms with Gasteiger partial charge in [0.2, 0.25) is 0 Å². The molecule has 0 saturated heterocycles. The second-order valence-electron chi connectivity index (χ2n) is 16.6. The second-order valence-corrected chi connectivity index (χ2v) is 17.6. The van der Waals surface area contributed by atoms with Crippen LogP contribution in [0.5, 0.6) is 0 Å². The first-order chi connectivity index (χ1) is 28.6. The highest BCUT2D eigenvalue weighted by molar-refractivity contribution is 7.25. The fraction of sp³-hybridized carbons (Fsp3) is 0.111. The van der Waals surface area contributed by atoms with Gasteiger partial charge >= 0.3 is 0 Å². The van der Waals surface area contributed by atoms with Gasteiger partial charge in [-0.15, -0.1) is 11.3 Å². The van der Waals surface area contributed by atoms with Crippen molar-refractivity contribution >= 4 is 65.5 Å². The lowest BCUT2D eigenvalue weighted by Gasteiger charge is -2.46. The highest BCUT2D eigenvalue weighted by atomic mass is 32.1. The van der Waals surface area contributed by atoms with E-state index in [0.29, 0.717) is 0 Å². The van der Waals surface area contributed by atoms with Gasteiger partial charge in [0.25, 0.3) is 0 Å². The minimum atomic E-state index is -0.333. The Morgan fingerprint density at radius 1 is 0.655 bits per heavy atom. The van der Waals surface area contributed by atoms with Crippen molar-refractivity contribution in [2.24, 2.45) is 5.92 Å². The van der Waals surface area contributed by atoms with Crippen LogP contribution in [-0.2, 0) is 5.41 Å². The summed E-state index contributed by atoms with van der Waals surface area (Å²) in [6, 6.07) is 46.8. The summed E-state index contributed by atoms with van der Waals surface area (Å²) in [6.45, 7) is 4.96. The van der Waals surface area contributed by atoms with E-state index in [-0.39, 0.29) is 23.2 Å². The van der Waals surface area contributed by atoms with Gasteiger partial charge in [-0.2, -0.15) is 0 Å². The standard InChI is InChI=1S/C54H37N3S/c1-31-34-17-5-3-16-33(34)30-46-48(31)49-45(28-27-44-40-22-10-9-21-38(40)39-23-11-13-25-43(39)54(44,49)2)57(46)52-50(56-53-51(55-52)41-24-12-14-26-47(41)58-53)42-29-32-15-4-6-18-35(32)36-19-7-8-20-37(36)42/h3-31,34,44H,1-2H3. The smallest absolute Gasteiger partial charge is 0.165 e. The molecule has 0 spiro atoms. The highest BCUT2D eigenvalue weighted by Crippen LogP contribution is 2.61. The zero-order valence-corrected chi connectivity index (χ0v) is 33.0. The Bertz CT molecular complexity index is 3410. The van der Waals surface area contributed by atoms with Crippen LogP contribution in [0.15, 0.2) is 163 Å². The summed E-state index contributed by atoms with van der Waals surface area (Å²) in [7, 11) is 0. The lowest BCUT2D eigenvalue weighted by Crippen LogP contribution is -2.38. The highest BCUT2D eigenvalue weighted by Gasteiger charge is 2.50. The topological polar surface area (TPSA) is 30.7 Å². The molecule has 4 heteroatoms. The van der Waals surface area contributed by atoms with Gasteiger partial charge in [-0.25, -0.2) is 9.97 Å². The number of hydrogen-bond donors (Lipinski definition) is 0. The van der Waals surface area contributed by atoms with Crippen molar-refractivity contribution in [3.8, 4) is 28.2 Å². The van der Waals surface area contributed by atoms with Crippen LogP contribution >= 0.6 is 11.3 Å². The van der Waals surface area contributed by atoms with Gasteiger partial charge in [-0.05, 0) is 90.7 Å². The molecule has 0 fully saturated rings. The Balaban J connectivity index is 1.20. The van der Waals surface area contributed by atoms with Crippen LogP contribution in [0.1, 0.15) is 59.3 Å². The molecule has 3 aromatic heterocycles. The molecule has 4 unspecified atom stereocenters. The fourth-order valence-electron chi connectivity index (χ4n) is 11.2. The van der Waals surface area contributed by atoms with Gasteiger partial charge in [0, 0.05) is 32.9 Å². The maximum atomic E-state index is 5.84. The van der Waals surface area contributed by atoms with E-state index >= 15 is 0 Å². The number of benzene rings is 6. The summed E-state index contributed by atoms with van der Waals surface area (Å²) < 4.78 is 3.71. The molecule has 0 saturated carbocycles. The molecule has 0 amide bonds. The van der Waals surface area contributed by atoms with Gasteiger partial charge in [0.1, 0.15) is 16.0 Å². The van der Waals surface area contributed by atoms with Crippen molar-refractivity contribution < 1.29 is 0 Å². The number of thiophene rings is 1. The molecule has 4 aliphatic rings. The monoisotopic (exact) mass is 759 g/mol. The SMILES string of the molecule is CC1c2c3c(n(-c4nc5c(nc4-c4cc6ccccc6c6ccccc46)sc4ccccc45)c2C=C2C=CC=CC21)C=CC1c2ccccc2-c2ccccc2C31C. The number of nitrogens with zero attached hydrogens (tertiary/aromatic N) is 3. The summed E-state index contributed by atoms with van der Waals surface area (Å²) in [5, 5.41) is 5.99. The predicted molar refractivity (Wildman–Crippen MR) is 243 cm³/mol. The van der Waals surface area contributed by atoms with Crippen molar-refractivity contribution in [3.63, 3.8) is 0 Å². The van der Waals surface area contributed by atoms with Crippen molar-refractivity contribution in [2.45, 2.75) is 31.1 Å². The average molecular weight is 760 g/mol. The molecule has 0 aliphatic heterocycles. The molecule has 3 heterocycles. The van der Waals surface area contributed by atoms with Crippen molar-refractivity contribution in [1.29, 1.82) is 0 Å². The summed E-state index contributed by atoms with van der Waals surface area (Å²) >= 11 is 1.73. The molecule has 274 valence electrons. The van der Waals surface area contributed by atoms with E-state index in [9.17, 15) is 0 Å². The van der Waals surface area contributed by atoms with Crippen LogP contribution in [0.3, 0.4) is 0 Å². The van der Waals surface area contributed by atoms with Gasteiger partial charge in [-0.3, -0.25) is 4.57 Å². The van der Waals surface area contributed by atoms with Gasteiger partial charge < -0.3 is 0 Å². The molecule has 4 aliphatic carbocycles. The van der Waals surface area contributed by atoms with Crippen molar-refractivity contribution in [3.05, 3.63) is 197 Å². The van der Waals surface area contributed by atoms with E-state index in [1.54, 1.807) is 11.3 Å². The third-order valence-corrected chi connectivity index (χ3v) is 14.8. The largest absolute Gasteiger partial charge is 0.293 e. The first-order valence-corrected chi connectivity index (χ1v) is 21.2. The molecule has 9 aromatic rings. The van der Waals surface area contributed by atoms with Crippen LogP contribution in [0.2, 0.25) is 0 Å². The Morgan fingerprint density at radius 2 is 1.40 bits per heavy atom. The minimum absolute atomic E-state index is 0.170. The number of fused-ring (bicyclic) bond motifs is 17. The molecule has 58 heavy (non-hydrogen) atoms. The van der Waals surface area contributed by atoms with Gasteiger partial charge in [0.15, 0.2) is 5.82 Å². The van der Waals surface area contributed by atoms with E-state index in [1.165, 1.54) is 76.6 Å². The van der Waals surface area contributed by atoms with Crippen LogP contribution in [0.25, 0.3) is 82.3 Å². The van der Waals surface area contributed by atoms with Crippen LogP contribution in [0, 0.1) is 5.92 Å². The van der Waals surface area contributed by atoms with E-state index in [1.807, 2.05) is 0 Å². The first kappa shape index (κ1) is 32.5. The van der Waals surface area contributed by atoms with Crippen LogP contribution in [-0.4, -0.2) is 14.5 Å². The van der Waals surface area contributed by atoms with Crippen molar-refractivity contribution in [2.75, 3.05) is 0 Å². The quantitative estimate of drug-likeness (QED) is 0.164. The summed E-state index contributed by atoms with van der Waals surface area (Å²) in [5.74, 6) is 1.57. The maximum absolute atomic E-state index is 5.84. The summed E-state index contributed by atoms with van der Waals surface area (Å²) in [5.41, 5.74) is 14.7. The lowest BCUT2D eigenvalue weighted by molar-refractivity contribution is 0.485. The van der Waals surface area contributed by atoms with Gasteiger partial charge in [0.05, 0.1) is 11.4 Å². The number of hydrogen-bond acceptors (Lipinski definition) is 3. The fourth-order valence-corrected chi connectivity index (χ4v) is 12.2. The number of allylic oxidation sites excluding steroid dienone is 6. The number of aromatic nitrogens is 3. The zero-order chi connectivity index (χ0) is 38.3. The molecule has 6 aromatic carbocycles. The molecule has 3 nitrogen and oxygen atoms in total. The molecular weight excluding hydrogens is 723 g/mol. The lowest BCUT2D eigenvalue weighted by atomic mass is 9.56. The zero-order valence-electron chi connectivity index (χ0n) is 32.1. The summed E-state index contributed by atoms with van der Waals surface area (Å²) in [4.78, 5) is 12.5. The van der Waals surface area contributed by atoms with E-state index in [4.69, 9.17) is 9.97 Å². The van der Waals surface area contributed by atoms with Crippen LogP contribution < -0.4 is 0 Å². The normalized spacial score (nSPS) is 21.1. The Morgan fingerprint density at radius 3 is 2.29 bits per heavy atom. The maximum Gasteiger partial charge on any atom is 0.165 e. The third kappa shape index (κ3) is 4.18. The van der Waals surface area contributed by atoms with E-state index in [0.717, 1.165) is 32.8 Å². The first-order valence-electron chi connectivity index (χ1n) is 20.4. The van der Waals surface area contributed by atoms with E-state index < -0.39 is 0 Å². The minimum Gasteiger partial charge on any atom is -0.293 e. The Labute approximate surface area is 340 Å². The Kier molecular flexibility index (Phi) is 6.56. The predicted octanol–water partition coefficient (Wildman–Crippen LogP) is 13.9. The average Bonchev–Trinajstić information content (AvgIpc) is 3.81. The van der Waals surface area contributed by atoms with Crippen LogP contribution in [0.4, 0.5) is 0 Å². The molecule has 0 bridgehead atoms. The summed E-state index contributed by atoms with van der Waals surface area (Å²) in [6.07, 6.45) is 16.5. The molecular formula is C54H37N3S. The Hall–Kier alpha value is -6.62. The molecule has 0 N–H and O–H groups in total. The van der Waals surface area contributed by atoms with Gasteiger partial charge in [-0.1, -0.05) is 159 Å². The molecule has 0 radical (unpaired) electrons. The second kappa shape index (κ2) is 11.7. The van der Waals surface area contributed by atoms with Crippen molar-refractivity contribution in [1.82, 2.24) is 14.5 Å². The molecule has 4 atom stereocenters. The third-order valence-electron chi connectivity index (χ3n) is 13.8. The van der Waals surface area contributed by atoms with E-state index in [2.05, 4.69) is 188 Å². The number of rotatable bonds is 2.